The first-order chi connectivity index (χ1) is 9.08. The molecular weight excluding hydrogens is 311 g/mol. The van der Waals surface area contributed by atoms with E-state index >= 15 is 0 Å². The first-order valence-corrected chi connectivity index (χ1v) is 6.71. The van der Waals surface area contributed by atoms with E-state index in [1.807, 2.05) is 0 Å². The maximum absolute atomic E-state index is 13.3. The Hall–Kier alpha value is -1.39. The Kier molecular flexibility index (Phi) is 4.56. The van der Waals surface area contributed by atoms with Crippen LogP contribution >= 0.6 is 15.9 Å². The Morgan fingerprint density at radius 1 is 1.21 bits per heavy atom. The molecule has 0 aliphatic carbocycles. The largest absolute Gasteiger partial charge is 0.489 e. The van der Waals surface area contributed by atoms with E-state index in [4.69, 9.17) is 4.74 Å². The molecule has 2 aromatic rings. The van der Waals surface area contributed by atoms with Gasteiger partial charge in [-0.3, -0.25) is 0 Å². The van der Waals surface area contributed by atoms with Gasteiger partial charge in [-0.2, -0.15) is 0 Å². The van der Waals surface area contributed by atoms with E-state index in [2.05, 4.69) is 15.9 Å². The molecule has 0 bridgehead atoms. The molecule has 0 aliphatic rings. The lowest BCUT2D eigenvalue weighted by molar-refractivity contribution is 0.199. The van der Waals surface area contributed by atoms with Crippen LogP contribution in [0.25, 0.3) is 0 Å². The van der Waals surface area contributed by atoms with Crippen LogP contribution < -0.4 is 4.74 Å². The Morgan fingerprint density at radius 3 is 2.53 bits per heavy atom. The smallest absolute Gasteiger partial charge is 0.137 e. The minimum Gasteiger partial charge on any atom is -0.489 e. The zero-order valence-corrected chi connectivity index (χ0v) is 12.0. The Balaban J connectivity index is 2.04. The van der Waals surface area contributed by atoms with Crippen molar-refractivity contribution in [3.05, 3.63) is 63.9 Å². The van der Waals surface area contributed by atoms with Crippen LogP contribution in [-0.2, 0) is 6.61 Å². The molecule has 1 atom stereocenters. The van der Waals surface area contributed by atoms with Gasteiger partial charge in [0.05, 0.1) is 10.6 Å². The molecule has 0 amide bonds. The van der Waals surface area contributed by atoms with Gasteiger partial charge in [-0.05, 0) is 46.6 Å². The molecule has 0 saturated carbocycles. The van der Waals surface area contributed by atoms with E-state index in [1.54, 1.807) is 43.3 Å². The van der Waals surface area contributed by atoms with E-state index in [9.17, 15) is 9.50 Å². The van der Waals surface area contributed by atoms with Gasteiger partial charge in [-0.25, -0.2) is 4.39 Å². The lowest BCUT2D eigenvalue weighted by atomic mass is 10.1. The van der Waals surface area contributed by atoms with E-state index in [-0.39, 0.29) is 12.4 Å². The zero-order chi connectivity index (χ0) is 13.8. The lowest BCUT2D eigenvalue weighted by Gasteiger charge is -2.10. The van der Waals surface area contributed by atoms with E-state index in [0.717, 1.165) is 11.1 Å². The molecule has 0 saturated heterocycles. The summed E-state index contributed by atoms with van der Waals surface area (Å²) < 4.78 is 19.3. The standard InChI is InChI=1S/C15H14BrFO2/c1-10(18)11-5-7-13(8-6-11)19-9-12-3-2-4-14(17)15(12)16/h2-8,10,18H,9H2,1H3. The van der Waals surface area contributed by atoms with Crippen LogP contribution in [0.4, 0.5) is 4.39 Å². The topological polar surface area (TPSA) is 29.5 Å². The number of aliphatic hydroxyl groups is 1. The number of benzene rings is 2. The third-order valence-corrected chi connectivity index (χ3v) is 3.68. The second kappa shape index (κ2) is 6.17. The van der Waals surface area contributed by atoms with Crippen molar-refractivity contribution in [3.63, 3.8) is 0 Å². The van der Waals surface area contributed by atoms with Crippen molar-refractivity contribution in [3.8, 4) is 5.75 Å². The highest BCUT2D eigenvalue weighted by Gasteiger charge is 2.06. The van der Waals surface area contributed by atoms with Crippen molar-refractivity contribution in [2.24, 2.45) is 0 Å². The monoisotopic (exact) mass is 324 g/mol. The fourth-order valence-corrected chi connectivity index (χ4v) is 2.04. The van der Waals surface area contributed by atoms with Gasteiger partial charge in [-0.1, -0.05) is 24.3 Å². The van der Waals surface area contributed by atoms with Gasteiger partial charge in [0.1, 0.15) is 18.2 Å². The molecule has 1 unspecified atom stereocenters. The molecule has 0 aliphatic heterocycles. The Bertz CT molecular complexity index is 553. The van der Waals surface area contributed by atoms with Crippen LogP contribution in [0.2, 0.25) is 0 Å². The van der Waals surface area contributed by atoms with E-state index < -0.39 is 6.10 Å². The first-order valence-electron chi connectivity index (χ1n) is 5.91. The average Bonchev–Trinajstić information content (AvgIpc) is 2.41. The summed E-state index contributed by atoms with van der Waals surface area (Å²) in [6, 6.07) is 12.0. The Morgan fingerprint density at radius 2 is 1.89 bits per heavy atom. The summed E-state index contributed by atoms with van der Waals surface area (Å²) in [5.74, 6) is 0.381. The maximum atomic E-state index is 13.3. The fourth-order valence-electron chi connectivity index (χ4n) is 1.66. The minimum absolute atomic E-state index is 0.284. The molecule has 0 heterocycles. The number of aliphatic hydroxyl groups excluding tert-OH is 1. The van der Waals surface area contributed by atoms with Crippen LogP contribution in [0, 0.1) is 5.82 Å². The summed E-state index contributed by atoms with van der Waals surface area (Å²) >= 11 is 3.20. The highest BCUT2D eigenvalue weighted by atomic mass is 79.9. The summed E-state index contributed by atoms with van der Waals surface area (Å²) in [5.41, 5.74) is 1.58. The highest BCUT2D eigenvalue weighted by Crippen LogP contribution is 2.23. The van der Waals surface area contributed by atoms with E-state index in [1.165, 1.54) is 6.07 Å². The summed E-state index contributed by atoms with van der Waals surface area (Å²) in [6.07, 6.45) is -0.494. The number of halogens is 2. The molecule has 0 fully saturated rings. The molecule has 2 aromatic carbocycles. The quantitative estimate of drug-likeness (QED) is 0.912. The van der Waals surface area contributed by atoms with Gasteiger partial charge in [0, 0.05) is 5.56 Å². The molecule has 1 N–H and O–H groups in total. The minimum atomic E-state index is -0.494. The number of ether oxygens (including phenoxy) is 1. The molecule has 2 nitrogen and oxygen atoms in total. The summed E-state index contributed by atoms with van der Waals surface area (Å²) in [5, 5.41) is 9.40. The molecular formula is C15H14BrFO2. The van der Waals surface area contributed by atoms with Crippen molar-refractivity contribution in [1.29, 1.82) is 0 Å². The third kappa shape index (κ3) is 3.55. The average molecular weight is 325 g/mol. The zero-order valence-electron chi connectivity index (χ0n) is 10.4. The summed E-state index contributed by atoms with van der Waals surface area (Å²) in [4.78, 5) is 0. The van der Waals surface area contributed by atoms with Crippen molar-refractivity contribution < 1.29 is 14.2 Å². The van der Waals surface area contributed by atoms with Crippen molar-refractivity contribution in [1.82, 2.24) is 0 Å². The number of rotatable bonds is 4. The van der Waals surface area contributed by atoms with Crippen LogP contribution in [-0.4, -0.2) is 5.11 Å². The van der Waals surface area contributed by atoms with Gasteiger partial charge in [0.25, 0.3) is 0 Å². The second-order valence-corrected chi connectivity index (χ2v) is 5.04. The predicted molar refractivity (Wildman–Crippen MR) is 75.5 cm³/mol. The maximum Gasteiger partial charge on any atom is 0.137 e. The van der Waals surface area contributed by atoms with Crippen molar-refractivity contribution >= 4 is 15.9 Å². The predicted octanol–water partition coefficient (Wildman–Crippen LogP) is 4.22. The van der Waals surface area contributed by atoms with Crippen LogP contribution in [0.5, 0.6) is 5.75 Å². The number of hydrogen-bond donors (Lipinski definition) is 1. The van der Waals surface area contributed by atoms with Crippen LogP contribution in [0.3, 0.4) is 0 Å². The van der Waals surface area contributed by atoms with Gasteiger partial charge in [0.15, 0.2) is 0 Å². The number of hydrogen-bond acceptors (Lipinski definition) is 2. The van der Waals surface area contributed by atoms with Gasteiger partial charge >= 0.3 is 0 Å². The van der Waals surface area contributed by atoms with Gasteiger partial charge < -0.3 is 9.84 Å². The highest BCUT2D eigenvalue weighted by molar-refractivity contribution is 9.10. The molecule has 19 heavy (non-hydrogen) atoms. The van der Waals surface area contributed by atoms with Gasteiger partial charge in [-0.15, -0.1) is 0 Å². The van der Waals surface area contributed by atoms with Crippen LogP contribution in [0.15, 0.2) is 46.9 Å². The van der Waals surface area contributed by atoms with Crippen molar-refractivity contribution in [2.75, 3.05) is 0 Å². The third-order valence-electron chi connectivity index (χ3n) is 2.79. The summed E-state index contributed by atoms with van der Waals surface area (Å²) in [6.45, 7) is 1.99. The lowest BCUT2D eigenvalue weighted by Crippen LogP contribution is -1.98. The van der Waals surface area contributed by atoms with Crippen LogP contribution in [0.1, 0.15) is 24.2 Å². The second-order valence-electron chi connectivity index (χ2n) is 4.25. The fraction of sp³-hybridized carbons (Fsp3) is 0.200. The molecule has 0 aromatic heterocycles. The molecule has 100 valence electrons. The molecule has 0 radical (unpaired) electrons. The summed E-state index contributed by atoms with van der Waals surface area (Å²) in [7, 11) is 0. The normalized spacial score (nSPS) is 12.2. The molecule has 2 rings (SSSR count). The van der Waals surface area contributed by atoms with Gasteiger partial charge in [0.2, 0.25) is 0 Å². The van der Waals surface area contributed by atoms with E-state index in [0.29, 0.717) is 10.2 Å². The SMILES string of the molecule is CC(O)c1ccc(OCc2cccc(F)c2Br)cc1. The molecule has 4 heteroatoms. The Labute approximate surface area is 120 Å². The molecule has 0 spiro atoms. The van der Waals surface area contributed by atoms with Crippen molar-refractivity contribution in [2.45, 2.75) is 19.6 Å². The first kappa shape index (κ1) is 14.0.